The lowest BCUT2D eigenvalue weighted by Gasteiger charge is -2.43. The second-order valence-electron chi connectivity index (χ2n) is 7.21. The first-order valence-electron chi connectivity index (χ1n) is 9.22. The molecule has 0 fully saturated rings. The van der Waals surface area contributed by atoms with E-state index in [2.05, 4.69) is 16.9 Å². The molecule has 0 bridgehead atoms. The first kappa shape index (κ1) is 20.3. The van der Waals surface area contributed by atoms with Crippen molar-refractivity contribution in [2.45, 2.75) is 32.5 Å². The highest BCUT2D eigenvalue weighted by Crippen LogP contribution is 2.29. The fourth-order valence-electron chi connectivity index (χ4n) is 3.43. The van der Waals surface area contributed by atoms with Gasteiger partial charge in [0.25, 0.3) is 5.91 Å². The number of aromatic nitrogens is 2. The molecule has 2 heterocycles. The summed E-state index contributed by atoms with van der Waals surface area (Å²) in [7, 11) is 1.23. The van der Waals surface area contributed by atoms with E-state index in [0.717, 1.165) is 11.1 Å². The summed E-state index contributed by atoms with van der Waals surface area (Å²) in [6, 6.07) is 7.84. The van der Waals surface area contributed by atoms with Gasteiger partial charge in [0.05, 0.1) is 20.0 Å². The Kier molecular flexibility index (Phi) is 5.54. The summed E-state index contributed by atoms with van der Waals surface area (Å²) < 4.78 is 6.24. The third-order valence-electron chi connectivity index (χ3n) is 5.11. The van der Waals surface area contributed by atoms with Crippen LogP contribution in [0.25, 0.3) is 0 Å². The van der Waals surface area contributed by atoms with Gasteiger partial charge in [-0.15, -0.1) is 6.58 Å². The monoisotopic (exact) mass is 396 g/mol. The third kappa shape index (κ3) is 3.65. The Balaban J connectivity index is 1.89. The lowest BCUT2D eigenvalue weighted by molar-refractivity contribution is -0.132. The number of fused-ring (bicyclic) bond motifs is 1. The van der Waals surface area contributed by atoms with E-state index in [1.807, 2.05) is 31.2 Å². The largest absolute Gasteiger partial charge is 0.464 e. The standard InChI is InChI=1S/C21H24N4O4/c1-5-10-25-18(26)17-16(19(27)29-4)23-13-24(17)12-21(25,3)20(28)22-11-15-8-6-14(2)7-9-15/h5-9,13H,1,10-12H2,2-4H3,(H,22,28)/t21-/m0/s1. The van der Waals surface area contributed by atoms with E-state index in [1.54, 1.807) is 13.0 Å². The number of ether oxygens (including phenoxy) is 1. The predicted molar refractivity (Wildman–Crippen MR) is 106 cm³/mol. The number of hydrogen-bond acceptors (Lipinski definition) is 5. The quantitative estimate of drug-likeness (QED) is 0.593. The predicted octanol–water partition coefficient (Wildman–Crippen LogP) is 1.70. The maximum atomic E-state index is 13.2. The van der Waals surface area contributed by atoms with Crippen LogP contribution >= 0.6 is 0 Å². The second kappa shape index (κ2) is 7.90. The number of carbonyl (C=O) groups is 3. The van der Waals surface area contributed by atoms with Crippen molar-refractivity contribution in [2.24, 2.45) is 0 Å². The van der Waals surface area contributed by atoms with Crippen LogP contribution in [0.2, 0.25) is 0 Å². The van der Waals surface area contributed by atoms with E-state index in [1.165, 1.54) is 22.9 Å². The summed E-state index contributed by atoms with van der Waals surface area (Å²) in [6.07, 6.45) is 2.93. The molecule has 8 heteroatoms. The van der Waals surface area contributed by atoms with Crippen molar-refractivity contribution in [3.8, 4) is 0 Å². The highest BCUT2D eigenvalue weighted by Gasteiger charge is 2.48. The van der Waals surface area contributed by atoms with Gasteiger partial charge in [0.1, 0.15) is 11.2 Å². The lowest BCUT2D eigenvalue weighted by atomic mass is 9.94. The van der Waals surface area contributed by atoms with Crippen LogP contribution in [0.5, 0.6) is 0 Å². The van der Waals surface area contributed by atoms with Crippen molar-refractivity contribution >= 4 is 17.8 Å². The molecule has 1 aromatic heterocycles. The molecule has 1 N–H and O–H groups in total. The molecule has 152 valence electrons. The molecule has 0 saturated heterocycles. The van der Waals surface area contributed by atoms with Gasteiger partial charge >= 0.3 is 5.97 Å². The minimum Gasteiger partial charge on any atom is -0.464 e. The smallest absolute Gasteiger partial charge is 0.359 e. The van der Waals surface area contributed by atoms with Crippen molar-refractivity contribution in [1.29, 1.82) is 0 Å². The molecular weight excluding hydrogens is 372 g/mol. The fraction of sp³-hybridized carbons (Fsp3) is 0.333. The van der Waals surface area contributed by atoms with E-state index < -0.39 is 17.4 Å². The summed E-state index contributed by atoms with van der Waals surface area (Å²) in [5, 5.41) is 2.92. The van der Waals surface area contributed by atoms with Crippen molar-refractivity contribution in [3.63, 3.8) is 0 Å². The molecule has 0 radical (unpaired) electrons. The number of benzene rings is 1. The van der Waals surface area contributed by atoms with Gasteiger partial charge in [-0.2, -0.15) is 0 Å². The number of imidazole rings is 1. The molecule has 3 rings (SSSR count). The molecule has 1 aliphatic rings. The first-order chi connectivity index (χ1) is 13.8. The molecule has 0 unspecified atom stereocenters. The average molecular weight is 396 g/mol. The summed E-state index contributed by atoms with van der Waals surface area (Å²) >= 11 is 0. The van der Waals surface area contributed by atoms with E-state index in [0.29, 0.717) is 6.54 Å². The Labute approximate surface area is 169 Å². The van der Waals surface area contributed by atoms with Gasteiger partial charge in [0, 0.05) is 13.1 Å². The molecule has 0 aliphatic carbocycles. The minimum atomic E-state index is -1.17. The molecular formula is C21H24N4O4. The number of nitrogens with one attached hydrogen (secondary N) is 1. The van der Waals surface area contributed by atoms with Gasteiger partial charge in [0.15, 0.2) is 5.69 Å². The maximum Gasteiger partial charge on any atom is 0.359 e. The van der Waals surface area contributed by atoms with Gasteiger partial charge in [-0.25, -0.2) is 9.78 Å². The van der Waals surface area contributed by atoms with Crippen molar-refractivity contribution in [3.05, 3.63) is 65.8 Å². The summed E-state index contributed by atoms with van der Waals surface area (Å²) in [5.74, 6) is -1.47. The molecule has 1 atom stereocenters. The van der Waals surface area contributed by atoms with Crippen molar-refractivity contribution in [1.82, 2.24) is 19.8 Å². The Morgan fingerprint density at radius 3 is 2.66 bits per heavy atom. The van der Waals surface area contributed by atoms with Gasteiger partial charge in [-0.1, -0.05) is 35.9 Å². The van der Waals surface area contributed by atoms with Crippen LogP contribution in [-0.4, -0.2) is 51.4 Å². The number of carbonyl (C=O) groups excluding carboxylic acids is 3. The Morgan fingerprint density at radius 1 is 1.34 bits per heavy atom. The van der Waals surface area contributed by atoms with Crippen LogP contribution in [-0.2, 0) is 22.6 Å². The summed E-state index contributed by atoms with van der Waals surface area (Å²) in [5.41, 5.74) is 0.977. The highest BCUT2D eigenvalue weighted by atomic mass is 16.5. The number of aryl methyl sites for hydroxylation is 1. The number of methoxy groups -OCH3 is 1. The normalized spacial score (nSPS) is 18.2. The topological polar surface area (TPSA) is 93.5 Å². The first-order valence-corrected chi connectivity index (χ1v) is 9.22. The molecule has 0 saturated carbocycles. The zero-order chi connectivity index (χ0) is 21.2. The van der Waals surface area contributed by atoms with E-state index in [9.17, 15) is 14.4 Å². The minimum absolute atomic E-state index is 0.0614. The van der Waals surface area contributed by atoms with E-state index in [4.69, 9.17) is 4.74 Å². The van der Waals surface area contributed by atoms with Gasteiger partial charge in [0.2, 0.25) is 5.91 Å². The van der Waals surface area contributed by atoms with E-state index >= 15 is 0 Å². The molecule has 2 amide bonds. The number of amides is 2. The highest BCUT2D eigenvalue weighted by molar-refractivity contribution is 6.06. The van der Waals surface area contributed by atoms with Gasteiger partial charge < -0.3 is 19.5 Å². The zero-order valence-corrected chi connectivity index (χ0v) is 16.8. The molecule has 1 aromatic carbocycles. The third-order valence-corrected chi connectivity index (χ3v) is 5.11. The van der Waals surface area contributed by atoms with Crippen molar-refractivity contribution < 1.29 is 19.1 Å². The molecule has 8 nitrogen and oxygen atoms in total. The molecule has 1 aliphatic heterocycles. The average Bonchev–Trinajstić information content (AvgIpc) is 3.13. The molecule has 2 aromatic rings. The Hall–Kier alpha value is -3.42. The molecule has 29 heavy (non-hydrogen) atoms. The van der Waals surface area contributed by atoms with Crippen LogP contribution in [0.4, 0.5) is 0 Å². The van der Waals surface area contributed by atoms with Gasteiger partial charge in [-0.3, -0.25) is 9.59 Å². The number of rotatable bonds is 6. The maximum absolute atomic E-state index is 13.2. The summed E-state index contributed by atoms with van der Waals surface area (Å²) in [4.78, 5) is 43.7. The second-order valence-corrected chi connectivity index (χ2v) is 7.21. The van der Waals surface area contributed by atoms with Crippen LogP contribution in [0.3, 0.4) is 0 Å². The van der Waals surface area contributed by atoms with Crippen LogP contribution in [0.15, 0.2) is 43.2 Å². The molecule has 0 spiro atoms. The number of nitrogens with zero attached hydrogens (tertiary/aromatic N) is 3. The number of esters is 1. The van der Waals surface area contributed by atoms with E-state index in [-0.39, 0.29) is 30.4 Å². The van der Waals surface area contributed by atoms with Gasteiger partial charge in [-0.05, 0) is 19.4 Å². The van der Waals surface area contributed by atoms with Crippen LogP contribution in [0.1, 0.15) is 39.0 Å². The Morgan fingerprint density at radius 2 is 2.03 bits per heavy atom. The Bertz CT molecular complexity index is 964. The van der Waals surface area contributed by atoms with Crippen LogP contribution in [0, 0.1) is 6.92 Å². The zero-order valence-electron chi connectivity index (χ0n) is 16.8. The SMILES string of the molecule is C=CCN1C(=O)c2c(C(=O)OC)ncn2C[C@@]1(C)C(=O)NCc1ccc(C)cc1. The lowest BCUT2D eigenvalue weighted by Crippen LogP contribution is -2.64. The number of hydrogen-bond donors (Lipinski definition) is 1. The van der Waals surface area contributed by atoms with Crippen molar-refractivity contribution in [2.75, 3.05) is 13.7 Å². The summed E-state index contributed by atoms with van der Waals surface area (Å²) in [6.45, 7) is 8.04. The van der Waals surface area contributed by atoms with Crippen LogP contribution < -0.4 is 5.32 Å². The fourth-order valence-corrected chi connectivity index (χ4v) is 3.43.